The fourth-order valence-electron chi connectivity index (χ4n) is 2.96. The molecule has 0 bridgehead atoms. The van der Waals surface area contributed by atoms with Crippen molar-refractivity contribution in [1.82, 2.24) is 4.98 Å². The second kappa shape index (κ2) is 4.98. The van der Waals surface area contributed by atoms with Gasteiger partial charge < -0.3 is 0 Å². The van der Waals surface area contributed by atoms with Gasteiger partial charge in [-0.05, 0) is 22.4 Å². The molecule has 22 heavy (non-hydrogen) atoms. The highest BCUT2D eigenvalue weighted by Gasteiger charge is 2.10. The van der Waals surface area contributed by atoms with Crippen LogP contribution in [0.3, 0.4) is 0 Å². The lowest BCUT2D eigenvalue weighted by molar-refractivity contribution is 1.36. The van der Waals surface area contributed by atoms with Crippen molar-refractivity contribution >= 4 is 21.5 Å². The Labute approximate surface area is 128 Å². The SMILES string of the molecule is N#Cc1ccc(-c2cncc3ccccc23)c2ccccc12. The molecule has 4 rings (SSSR count). The molecule has 0 aliphatic carbocycles. The molecule has 0 saturated heterocycles. The molecule has 0 saturated carbocycles. The Morgan fingerprint density at radius 3 is 2.23 bits per heavy atom. The molecule has 1 heterocycles. The van der Waals surface area contributed by atoms with E-state index in [1.54, 1.807) is 0 Å². The third kappa shape index (κ3) is 1.84. The first-order valence-corrected chi connectivity index (χ1v) is 7.13. The smallest absolute Gasteiger partial charge is 0.0998 e. The van der Waals surface area contributed by atoms with Gasteiger partial charge in [-0.3, -0.25) is 4.98 Å². The number of nitrogens with zero attached hydrogens (tertiary/aromatic N) is 2. The highest BCUT2D eigenvalue weighted by Crippen LogP contribution is 2.34. The predicted octanol–water partition coefficient (Wildman–Crippen LogP) is 4.93. The highest BCUT2D eigenvalue weighted by atomic mass is 14.6. The minimum atomic E-state index is 0.701. The Morgan fingerprint density at radius 2 is 1.41 bits per heavy atom. The summed E-state index contributed by atoms with van der Waals surface area (Å²) in [6, 6.07) is 22.4. The van der Waals surface area contributed by atoms with E-state index < -0.39 is 0 Å². The Hall–Kier alpha value is -3.18. The average molecular weight is 280 g/mol. The van der Waals surface area contributed by atoms with Crippen LogP contribution in [-0.4, -0.2) is 4.98 Å². The van der Waals surface area contributed by atoms with Gasteiger partial charge in [0.2, 0.25) is 0 Å². The Kier molecular flexibility index (Phi) is 2.84. The van der Waals surface area contributed by atoms with Crippen LogP contribution in [0.15, 0.2) is 73.1 Å². The van der Waals surface area contributed by atoms with Gasteiger partial charge in [-0.1, -0.05) is 54.6 Å². The molecule has 0 aliphatic rings. The van der Waals surface area contributed by atoms with E-state index in [0.29, 0.717) is 5.56 Å². The van der Waals surface area contributed by atoms with Gasteiger partial charge in [-0.15, -0.1) is 0 Å². The van der Waals surface area contributed by atoms with Crippen molar-refractivity contribution in [2.45, 2.75) is 0 Å². The zero-order valence-electron chi connectivity index (χ0n) is 11.8. The quantitative estimate of drug-likeness (QED) is 0.496. The van der Waals surface area contributed by atoms with E-state index >= 15 is 0 Å². The molecule has 1 aromatic heterocycles. The average Bonchev–Trinajstić information content (AvgIpc) is 2.60. The van der Waals surface area contributed by atoms with Gasteiger partial charge in [0.05, 0.1) is 11.6 Å². The first-order valence-electron chi connectivity index (χ1n) is 7.13. The lowest BCUT2D eigenvalue weighted by Gasteiger charge is -2.10. The maximum atomic E-state index is 9.31. The van der Waals surface area contributed by atoms with E-state index in [9.17, 15) is 5.26 Å². The summed E-state index contributed by atoms with van der Waals surface area (Å²) in [6.07, 6.45) is 3.78. The summed E-state index contributed by atoms with van der Waals surface area (Å²) in [7, 11) is 0. The van der Waals surface area contributed by atoms with Crippen molar-refractivity contribution in [3.8, 4) is 17.2 Å². The molecule has 0 N–H and O–H groups in total. The topological polar surface area (TPSA) is 36.7 Å². The van der Waals surface area contributed by atoms with Crippen molar-refractivity contribution in [2.24, 2.45) is 0 Å². The van der Waals surface area contributed by atoms with E-state index in [0.717, 1.165) is 27.3 Å². The molecule has 0 unspecified atom stereocenters. The summed E-state index contributed by atoms with van der Waals surface area (Å²) < 4.78 is 0. The number of aromatic nitrogens is 1. The van der Waals surface area contributed by atoms with Crippen molar-refractivity contribution in [2.75, 3.05) is 0 Å². The maximum Gasteiger partial charge on any atom is 0.0998 e. The van der Waals surface area contributed by atoms with Crippen LogP contribution in [0, 0.1) is 11.3 Å². The van der Waals surface area contributed by atoms with Crippen molar-refractivity contribution in [1.29, 1.82) is 5.26 Å². The van der Waals surface area contributed by atoms with Gasteiger partial charge in [0, 0.05) is 28.7 Å². The Morgan fingerprint density at radius 1 is 0.682 bits per heavy atom. The number of rotatable bonds is 1. The number of fused-ring (bicyclic) bond motifs is 2. The zero-order chi connectivity index (χ0) is 14.9. The molecule has 3 aromatic carbocycles. The molecule has 102 valence electrons. The van der Waals surface area contributed by atoms with Crippen LogP contribution in [0.1, 0.15) is 5.56 Å². The number of nitriles is 1. The van der Waals surface area contributed by atoms with Crippen molar-refractivity contribution in [3.63, 3.8) is 0 Å². The van der Waals surface area contributed by atoms with Gasteiger partial charge in [0.25, 0.3) is 0 Å². The lowest BCUT2D eigenvalue weighted by Crippen LogP contribution is -1.88. The van der Waals surface area contributed by atoms with Gasteiger partial charge in [-0.2, -0.15) is 5.26 Å². The lowest BCUT2D eigenvalue weighted by atomic mass is 9.94. The van der Waals surface area contributed by atoms with Crippen LogP contribution < -0.4 is 0 Å². The molecule has 2 heteroatoms. The normalized spacial score (nSPS) is 10.7. The second-order valence-corrected chi connectivity index (χ2v) is 5.23. The maximum absolute atomic E-state index is 9.31. The largest absolute Gasteiger partial charge is 0.263 e. The number of hydrogen-bond donors (Lipinski definition) is 0. The van der Waals surface area contributed by atoms with E-state index in [4.69, 9.17) is 0 Å². The number of benzene rings is 3. The monoisotopic (exact) mass is 280 g/mol. The summed E-state index contributed by atoms with van der Waals surface area (Å²) in [5, 5.41) is 13.7. The van der Waals surface area contributed by atoms with Gasteiger partial charge >= 0.3 is 0 Å². The molecule has 2 nitrogen and oxygen atoms in total. The van der Waals surface area contributed by atoms with E-state index in [2.05, 4.69) is 29.3 Å². The summed E-state index contributed by atoms with van der Waals surface area (Å²) in [6.45, 7) is 0. The highest BCUT2D eigenvalue weighted by molar-refractivity contribution is 6.06. The Bertz CT molecular complexity index is 1040. The summed E-state index contributed by atoms with van der Waals surface area (Å²) in [5.41, 5.74) is 2.91. The number of hydrogen-bond acceptors (Lipinski definition) is 2. The van der Waals surface area contributed by atoms with Crippen LogP contribution in [0.25, 0.3) is 32.7 Å². The molecule has 0 spiro atoms. The summed E-state index contributed by atoms with van der Waals surface area (Å²) in [4.78, 5) is 4.37. The predicted molar refractivity (Wildman–Crippen MR) is 89.4 cm³/mol. The molecular formula is C20H12N2. The summed E-state index contributed by atoms with van der Waals surface area (Å²) in [5.74, 6) is 0. The molecule has 0 aliphatic heterocycles. The first kappa shape index (κ1) is 12.6. The standard InChI is InChI=1S/C20H12N2/c21-11-14-9-10-19(18-8-4-3-6-16(14)18)20-13-22-12-15-5-1-2-7-17(15)20/h1-10,12-13H. The van der Waals surface area contributed by atoms with Crippen LogP contribution in [0.4, 0.5) is 0 Å². The third-order valence-electron chi connectivity index (χ3n) is 4.00. The third-order valence-corrected chi connectivity index (χ3v) is 4.00. The van der Waals surface area contributed by atoms with Crippen LogP contribution in [0.2, 0.25) is 0 Å². The van der Waals surface area contributed by atoms with Gasteiger partial charge in [0.1, 0.15) is 0 Å². The van der Waals surface area contributed by atoms with E-state index in [-0.39, 0.29) is 0 Å². The molecular weight excluding hydrogens is 268 g/mol. The fourth-order valence-corrected chi connectivity index (χ4v) is 2.96. The second-order valence-electron chi connectivity index (χ2n) is 5.23. The molecule has 0 radical (unpaired) electrons. The van der Waals surface area contributed by atoms with Gasteiger partial charge in [-0.25, -0.2) is 0 Å². The van der Waals surface area contributed by atoms with E-state index in [1.807, 2.05) is 54.9 Å². The summed E-state index contributed by atoms with van der Waals surface area (Å²) >= 11 is 0. The number of pyridine rings is 1. The minimum Gasteiger partial charge on any atom is -0.263 e. The van der Waals surface area contributed by atoms with Crippen molar-refractivity contribution in [3.05, 3.63) is 78.6 Å². The van der Waals surface area contributed by atoms with Crippen LogP contribution in [-0.2, 0) is 0 Å². The van der Waals surface area contributed by atoms with Crippen LogP contribution >= 0.6 is 0 Å². The molecule has 0 amide bonds. The zero-order valence-corrected chi connectivity index (χ0v) is 11.8. The Balaban J connectivity index is 2.12. The minimum absolute atomic E-state index is 0.701. The molecule has 0 fully saturated rings. The first-order chi connectivity index (χ1) is 10.9. The van der Waals surface area contributed by atoms with Crippen molar-refractivity contribution < 1.29 is 0 Å². The molecule has 4 aromatic rings. The van der Waals surface area contributed by atoms with E-state index in [1.165, 1.54) is 5.39 Å². The van der Waals surface area contributed by atoms with Gasteiger partial charge in [0.15, 0.2) is 0 Å². The van der Waals surface area contributed by atoms with Crippen LogP contribution in [0.5, 0.6) is 0 Å². The molecule has 0 atom stereocenters. The fraction of sp³-hybridized carbons (Fsp3) is 0.